The largest absolute Gasteiger partial charge is 0.496 e. The molecule has 0 bridgehead atoms. The van der Waals surface area contributed by atoms with Gasteiger partial charge in [0.15, 0.2) is 0 Å². The van der Waals surface area contributed by atoms with Crippen LogP contribution in [0.3, 0.4) is 0 Å². The van der Waals surface area contributed by atoms with E-state index in [-0.39, 0.29) is 5.91 Å². The van der Waals surface area contributed by atoms with Crippen LogP contribution in [0.4, 0.5) is 0 Å². The fourth-order valence-corrected chi connectivity index (χ4v) is 3.16. The normalized spacial score (nSPS) is 18.8. The maximum absolute atomic E-state index is 11.1. The highest BCUT2D eigenvalue weighted by Crippen LogP contribution is 2.29. The smallest absolute Gasteiger partial charge is 0.217 e. The number of nitrogens with zero attached hydrogens (tertiary/aromatic N) is 1. The van der Waals surface area contributed by atoms with Crippen LogP contribution >= 0.6 is 0 Å². The minimum atomic E-state index is 0.0644. The Kier molecular flexibility index (Phi) is 4.88. The summed E-state index contributed by atoms with van der Waals surface area (Å²) in [6.07, 6.45) is 1.03. The number of methoxy groups -OCH3 is 1. The molecule has 0 spiro atoms. The molecule has 0 aliphatic carbocycles. The van der Waals surface area contributed by atoms with E-state index in [1.807, 2.05) is 0 Å². The molecule has 1 fully saturated rings. The Morgan fingerprint density at radius 1 is 1.38 bits per heavy atom. The molecular weight excluding hydrogens is 264 g/mol. The maximum Gasteiger partial charge on any atom is 0.217 e. The lowest BCUT2D eigenvalue weighted by Crippen LogP contribution is -2.35. The van der Waals surface area contributed by atoms with E-state index in [0.29, 0.717) is 6.04 Å². The molecule has 4 heteroatoms. The van der Waals surface area contributed by atoms with Crippen LogP contribution in [0.5, 0.6) is 5.75 Å². The van der Waals surface area contributed by atoms with E-state index in [1.165, 1.54) is 22.3 Å². The first-order valence-corrected chi connectivity index (χ1v) is 7.55. The SMILES string of the molecule is COc1cc(C)c(CN2CCC(NC(C)=O)C2)c(C)c1C. The van der Waals surface area contributed by atoms with E-state index >= 15 is 0 Å². The second kappa shape index (κ2) is 6.48. The van der Waals surface area contributed by atoms with Crippen LogP contribution in [-0.4, -0.2) is 37.0 Å². The number of hydrogen-bond acceptors (Lipinski definition) is 3. The molecule has 1 aromatic rings. The monoisotopic (exact) mass is 290 g/mol. The van der Waals surface area contributed by atoms with Gasteiger partial charge < -0.3 is 10.1 Å². The van der Waals surface area contributed by atoms with E-state index in [1.54, 1.807) is 14.0 Å². The molecule has 0 aromatic heterocycles. The zero-order valence-electron chi connectivity index (χ0n) is 13.7. The second-order valence-corrected chi connectivity index (χ2v) is 6.05. The van der Waals surface area contributed by atoms with Crippen LogP contribution in [0.25, 0.3) is 0 Å². The van der Waals surface area contributed by atoms with Gasteiger partial charge in [-0.05, 0) is 55.5 Å². The van der Waals surface area contributed by atoms with Gasteiger partial charge in [0.05, 0.1) is 7.11 Å². The molecule has 0 radical (unpaired) electrons. The molecule has 0 saturated carbocycles. The van der Waals surface area contributed by atoms with Gasteiger partial charge in [-0.1, -0.05) is 0 Å². The first-order valence-electron chi connectivity index (χ1n) is 7.55. The lowest BCUT2D eigenvalue weighted by Gasteiger charge is -2.21. The summed E-state index contributed by atoms with van der Waals surface area (Å²) < 4.78 is 5.43. The van der Waals surface area contributed by atoms with Crippen LogP contribution in [0.2, 0.25) is 0 Å². The number of carbonyl (C=O) groups is 1. The zero-order valence-corrected chi connectivity index (χ0v) is 13.7. The average molecular weight is 290 g/mol. The van der Waals surface area contributed by atoms with Crippen LogP contribution in [0.1, 0.15) is 35.6 Å². The van der Waals surface area contributed by atoms with Crippen molar-refractivity contribution in [3.63, 3.8) is 0 Å². The Morgan fingerprint density at radius 3 is 2.71 bits per heavy atom. The number of nitrogens with one attached hydrogen (secondary N) is 1. The highest BCUT2D eigenvalue weighted by molar-refractivity contribution is 5.73. The van der Waals surface area contributed by atoms with Crippen molar-refractivity contribution >= 4 is 5.91 Å². The topological polar surface area (TPSA) is 41.6 Å². The average Bonchev–Trinajstić information content (AvgIpc) is 2.85. The molecule has 1 saturated heterocycles. The predicted octanol–water partition coefficient (Wildman–Crippen LogP) is 2.33. The summed E-state index contributed by atoms with van der Waals surface area (Å²) in [5.41, 5.74) is 5.19. The van der Waals surface area contributed by atoms with Gasteiger partial charge in [-0.3, -0.25) is 9.69 Å². The molecule has 1 aliphatic rings. The highest BCUT2D eigenvalue weighted by Gasteiger charge is 2.24. The Bertz CT molecular complexity index is 540. The Morgan fingerprint density at radius 2 is 2.10 bits per heavy atom. The van der Waals surface area contributed by atoms with E-state index in [9.17, 15) is 4.79 Å². The molecule has 1 N–H and O–H groups in total. The van der Waals surface area contributed by atoms with E-state index in [2.05, 4.69) is 37.1 Å². The number of hydrogen-bond donors (Lipinski definition) is 1. The van der Waals surface area contributed by atoms with Crippen molar-refractivity contribution in [2.24, 2.45) is 0 Å². The van der Waals surface area contributed by atoms with E-state index in [0.717, 1.165) is 31.8 Å². The number of ether oxygens (including phenoxy) is 1. The minimum absolute atomic E-state index is 0.0644. The van der Waals surface area contributed by atoms with Crippen molar-refractivity contribution in [3.05, 3.63) is 28.3 Å². The zero-order chi connectivity index (χ0) is 15.6. The molecule has 1 unspecified atom stereocenters. The number of amides is 1. The summed E-state index contributed by atoms with van der Waals surface area (Å²) >= 11 is 0. The van der Waals surface area contributed by atoms with E-state index in [4.69, 9.17) is 4.74 Å². The quantitative estimate of drug-likeness (QED) is 0.925. The van der Waals surface area contributed by atoms with Gasteiger partial charge >= 0.3 is 0 Å². The number of likely N-dealkylation sites (tertiary alicyclic amines) is 1. The van der Waals surface area contributed by atoms with Gasteiger partial charge in [0.1, 0.15) is 5.75 Å². The standard InChI is InChI=1S/C17H26N2O2/c1-11-8-17(21-5)13(3)12(2)16(11)10-19-7-6-15(9-19)18-14(4)20/h8,15H,6-7,9-10H2,1-5H3,(H,18,20). The third kappa shape index (κ3) is 3.56. The van der Waals surface area contributed by atoms with Crippen LogP contribution < -0.4 is 10.1 Å². The molecule has 4 nitrogen and oxygen atoms in total. The first kappa shape index (κ1) is 15.8. The van der Waals surface area contributed by atoms with Crippen molar-refractivity contribution in [2.75, 3.05) is 20.2 Å². The molecule has 2 rings (SSSR count). The molecule has 1 heterocycles. The fraction of sp³-hybridized carbons (Fsp3) is 0.588. The van der Waals surface area contributed by atoms with Gasteiger partial charge in [-0.25, -0.2) is 0 Å². The summed E-state index contributed by atoms with van der Waals surface area (Å²) in [4.78, 5) is 13.6. The number of benzene rings is 1. The molecule has 1 aliphatic heterocycles. The molecule has 1 aromatic carbocycles. The molecule has 116 valence electrons. The summed E-state index contributed by atoms with van der Waals surface area (Å²) in [7, 11) is 1.72. The third-order valence-corrected chi connectivity index (χ3v) is 4.49. The Hall–Kier alpha value is -1.55. The van der Waals surface area contributed by atoms with Gasteiger partial charge in [-0.15, -0.1) is 0 Å². The fourth-order valence-electron chi connectivity index (χ4n) is 3.16. The number of aryl methyl sites for hydroxylation is 1. The third-order valence-electron chi connectivity index (χ3n) is 4.49. The Labute approximate surface area is 127 Å². The van der Waals surface area contributed by atoms with Crippen molar-refractivity contribution < 1.29 is 9.53 Å². The summed E-state index contributed by atoms with van der Waals surface area (Å²) in [5.74, 6) is 1.03. The second-order valence-electron chi connectivity index (χ2n) is 6.05. The van der Waals surface area contributed by atoms with E-state index < -0.39 is 0 Å². The summed E-state index contributed by atoms with van der Waals surface area (Å²) in [6, 6.07) is 2.42. The molecule has 21 heavy (non-hydrogen) atoms. The van der Waals surface area contributed by atoms with Gasteiger partial charge in [0.25, 0.3) is 0 Å². The molecule has 1 atom stereocenters. The molecular formula is C17H26N2O2. The van der Waals surface area contributed by atoms with Crippen LogP contribution in [-0.2, 0) is 11.3 Å². The lowest BCUT2D eigenvalue weighted by molar-refractivity contribution is -0.119. The minimum Gasteiger partial charge on any atom is -0.496 e. The predicted molar refractivity (Wildman–Crippen MR) is 84.7 cm³/mol. The van der Waals surface area contributed by atoms with Crippen molar-refractivity contribution in [3.8, 4) is 5.75 Å². The maximum atomic E-state index is 11.1. The van der Waals surface area contributed by atoms with Gasteiger partial charge in [0.2, 0.25) is 5.91 Å². The number of rotatable bonds is 4. The lowest BCUT2D eigenvalue weighted by atomic mass is 9.97. The van der Waals surface area contributed by atoms with Crippen LogP contribution in [0.15, 0.2) is 6.07 Å². The van der Waals surface area contributed by atoms with Crippen molar-refractivity contribution in [2.45, 2.75) is 46.7 Å². The Balaban J connectivity index is 2.11. The van der Waals surface area contributed by atoms with Crippen molar-refractivity contribution in [1.29, 1.82) is 0 Å². The van der Waals surface area contributed by atoms with Crippen LogP contribution in [0, 0.1) is 20.8 Å². The van der Waals surface area contributed by atoms with Gasteiger partial charge in [0, 0.05) is 32.6 Å². The highest BCUT2D eigenvalue weighted by atomic mass is 16.5. The first-order chi connectivity index (χ1) is 9.92. The van der Waals surface area contributed by atoms with Gasteiger partial charge in [-0.2, -0.15) is 0 Å². The van der Waals surface area contributed by atoms with Crippen molar-refractivity contribution in [1.82, 2.24) is 10.2 Å². The molecule has 1 amide bonds. The summed E-state index contributed by atoms with van der Waals surface area (Å²) in [5, 5.41) is 3.02. The summed E-state index contributed by atoms with van der Waals surface area (Å²) in [6.45, 7) is 10.9. The number of carbonyl (C=O) groups excluding carboxylic acids is 1.